The zero-order valence-corrected chi connectivity index (χ0v) is 48.4. The summed E-state index contributed by atoms with van der Waals surface area (Å²) in [6, 6.07) is -0.636. The Balaban J connectivity index is 3.46. The topological polar surface area (TPSA) is 95.9 Å². The normalized spacial score (nSPS) is 12.8. The van der Waals surface area contributed by atoms with E-state index in [4.69, 9.17) is 4.74 Å². The van der Waals surface area contributed by atoms with E-state index in [0.717, 1.165) is 51.4 Å². The van der Waals surface area contributed by atoms with Gasteiger partial charge in [0.1, 0.15) is 0 Å². The number of carbonyl (C=O) groups excluding carboxylic acids is 2. The molecule has 0 heterocycles. The van der Waals surface area contributed by atoms with Gasteiger partial charge in [0.05, 0.1) is 25.4 Å². The summed E-state index contributed by atoms with van der Waals surface area (Å²) in [5.74, 6) is -0.0752. The molecule has 0 aromatic rings. The fraction of sp³-hybridized carbons (Fsp3) is 0.879. The van der Waals surface area contributed by atoms with Crippen LogP contribution in [0.15, 0.2) is 36.5 Å². The van der Waals surface area contributed by atoms with Gasteiger partial charge in [0, 0.05) is 12.8 Å². The van der Waals surface area contributed by atoms with Gasteiger partial charge in [-0.1, -0.05) is 288 Å². The van der Waals surface area contributed by atoms with Crippen molar-refractivity contribution < 1.29 is 24.5 Å². The van der Waals surface area contributed by atoms with Gasteiger partial charge in [-0.25, -0.2) is 0 Å². The van der Waals surface area contributed by atoms with Gasteiger partial charge in [-0.2, -0.15) is 0 Å². The van der Waals surface area contributed by atoms with E-state index in [1.54, 1.807) is 6.08 Å². The third-order valence-electron chi connectivity index (χ3n) is 14.9. The molecule has 0 spiro atoms. The van der Waals surface area contributed by atoms with Crippen LogP contribution in [0.4, 0.5) is 0 Å². The Hall–Kier alpha value is -1.92. The first-order valence-corrected chi connectivity index (χ1v) is 32.3. The van der Waals surface area contributed by atoms with E-state index < -0.39 is 12.1 Å². The van der Waals surface area contributed by atoms with Gasteiger partial charge in [-0.3, -0.25) is 9.59 Å². The molecular weight excluding hydrogens is 887 g/mol. The molecule has 0 saturated heterocycles. The van der Waals surface area contributed by atoms with Crippen LogP contribution in [0.2, 0.25) is 0 Å². The number of hydrogen-bond donors (Lipinski definition) is 3. The number of rotatable bonds is 60. The van der Waals surface area contributed by atoms with Crippen molar-refractivity contribution in [1.29, 1.82) is 0 Å². The Morgan fingerprint density at radius 2 is 0.653 bits per heavy atom. The molecule has 1 amide bonds. The average Bonchev–Trinajstić information content (AvgIpc) is 3.38. The van der Waals surface area contributed by atoms with Crippen LogP contribution in [0.3, 0.4) is 0 Å². The lowest BCUT2D eigenvalue weighted by atomic mass is 10.0. The maximum atomic E-state index is 12.5. The molecule has 6 nitrogen and oxygen atoms in total. The Bertz CT molecular complexity index is 1170. The maximum Gasteiger partial charge on any atom is 0.305 e. The minimum absolute atomic E-state index is 0.000160. The summed E-state index contributed by atoms with van der Waals surface area (Å²) in [6.45, 7) is 4.91. The van der Waals surface area contributed by atoms with E-state index in [0.29, 0.717) is 19.4 Å². The van der Waals surface area contributed by atoms with Gasteiger partial charge >= 0.3 is 5.97 Å². The van der Waals surface area contributed by atoms with Crippen molar-refractivity contribution in [3.05, 3.63) is 36.5 Å². The number of nitrogens with one attached hydrogen (secondary N) is 1. The number of aliphatic hydroxyl groups excluding tert-OH is 2. The molecule has 0 fully saturated rings. The molecule has 424 valence electrons. The summed E-state index contributed by atoms with van der Waals surface area (Å²) < 4.78 is 5.49. The summed E-state index contributed by atoms with van der Waals surface area (Å²) in [5, 5.41) is 23.2. The van der Waals surface area contributed by atoms with Crippen molar-refractivity contribution in [3.8, 4) is 0 Å². The highest BCUT2D eigenvalue weighted by Gasteiger charge is 2.18. The second-order valence-electron chi connectivity index (χ2n) is 22.1. The molecule has 3 N–H and O–H groups in total. The van der Waals surface area contributed by atoms with Crippen molar-refractivity contribution >= 4 is 11.9 Å². The largest absolute Gasteiger partial charge is 0.466 e. The van der Waals surface area contributed by atoms with Crippen LogP contribution >= 0.6 is 0 Å². The number of hydrogen-bond acceptors (Lipinski definition) is 5. The molecule has 0 aliphatic rings. The fourth-order valence-corrected chi connectivity index (χ4v) is 9.92. The smallest absolute Gasteiger partial charge is 0.305 e. The Morgan fingerprint density at radius 3 is 0.986 bits per heavy atom. The van der Waals surface area contributed by atoms with E-state index in [1.165, 1.54) is 270 Å². The summed E-state index contributed by atoms with van der Waals surface area (Å²) in [5.41, 5.74) is 0. The van der Waals surface area contributed by atoms with E-state index in [2.05, 4.69) is 43.5 Å². The molecule has 0 aliphatic heterocycles. The van der Waals surface area contributed by atoms with Crippen molar-refractivity contribution in [1.82, 2.24) is 5.32 Å². The van der Waals surface area contributed by atoms with Crippen LogP contribution in [-0.4, -0.2) is 47.4 Å². The predicted octanol–water partition coefficient (Wildman–Crippen LogP) is 20.4. The monoisotopic (exact) mass is 1010 g/mol. The third kappa shape index (κ3) is 57.4. The number of esters is 1. The standard InChI is InChI=1S/C66H125NO5/c1-3-5-7-9-11-13-15-17-19-21-23-27-30-34-38-42-46-50-54-58-64(69)63(62-68)67-65(70)59-55-51-47-43-39-35-31-28-24-22-25-29-33-37-41-45-49-53-57-61-72-66(71)60-56-52-48-44-40-36-32-26-20-18-16-14-12-10-8-6-4-2/h18,20,22,24,54,58,63-64,68-69H,3-17,19,21,23,25-53,55-57,59-62H2,1-2H3,(H,67,70)/b20-18-,24-22-,58-54+. The molecule has 0 radical (unpaired) electrons. The molecule has 2 unspecified atom stereocenters. The summed E-state index contributed by atoms with van der Waals surface area (Å²) in [6.07, 6.45) is 77.6. The van der Waals surface area contributed by atoms with E-state index >= 15 is 0 Å². The fourth-order valence-electron chi connectivity index (χ4n) is 9.92. The van der Waals surface area contributed by atoms with Gasteiger partial charge in [0.2, 0.25) is 5.91 Å². The Kier molecular flexibility index (Phi) is 60.0. The highest BCUT2D eigenvalue weighted by atomic mass is 16.5. The number of carbonyl (C=O) groups is 2. The van der Waals surface area contributed by atoms with Crippen molar-refractivity contribution in [3.63, 3.8) is 0 Å². The van der Waals surface area contributed by atoms with Crippen LogP contribution in [-0.2, 0) is 14.3 Å². The van der Waals surface area contributed by atoms with Crippen LogP contribution in [0.1, 0.15) is 348 Å². The minimum Gasteiger partial charge on any atom is -0.466 e. The van der Waals surface area contributed by atoms with Gasteiger partial charge in [-0.15, -0.1) is 0 Å². The average molecular weight is 1010 g/mol. The number of allylic oxidation sites excluding steroid dienone is 5. The predicted molar refractivity (Wildman–Crippen MR) is 315 cm³/mol. The van der Waals surface area contributed by atoms with E-state index in [9.17, 15) is 19.8 Å². The highest BCUT2D eigenvalue weighted by Crippen LogP contribution is 2.17. The molecule has 0 aromatic heterocycles. The SMILES string of the molecule is CCCCCCCC/C=C\CCCCCCCCCC(=O)OCCCCCCCCCC/C=C\CCCCCCCCCC(=O)NC(CO)C(O)/C=C/CCCCCCCCCCCCCCCCCCC. The lowest BCUT2D eigenvalue weighted by Crippen LogP contribution is -2.45. The van der Waals surface area contributed by atoms with Crippen molar-refractivity contribution in [2.24, 2.45) is 0 Å². The minimum atomic E-state index is -0.852. The zero-order valence-electron chi connectivity index (χ0n) is 48.4. The molecule has 0 saturated carbocycles. The Morgan fingerprint density at radius 1 is 0.375 bits per heavy atom. The number of amides is 1. The first-order valence-electron chi connectivity index (χ1n) is 32.3. The van der Waals surface area contributed by atoms with Crippen LogP contribution in [0.25, 0.3) is 0 Å². The first-order chi connectivity index (χ1) is 35.5. The molecular formula is C66H125NO5. The maximum absolute atomic E-state index is 12.5. The molecule has 0 rings (SSSR count). The number of unbranched alkanes of at least 4 members (excludes halogenated alkanes) is 45. The van der Waals surface area contributed by atoms with Gasteiger partial charge in [0.25, 0.3) is 0 Å². The van der Waals surface area contributed by atoms with Crippen molar-refractivity contribution in [2.75, 3.05) is 13.2 Å². The van der Waals surface area contributed by atoms with Crippen LogP contribution in [0.5, 0.6) is 0 Å². The molecule has 0 bridgehead atoms. The van der Waals surface area contributed by atoms with Gasteiger partial charge in [-0.05, 0) is 83.5 Å². The van der Waals surface area contributed by atoms with Gasteiger partial charge < -0.3 is 20.3 Å². The third-order valence-corrected chi connectivity index (χ3v) is 14.9. The lowest BCUT2D eigenvalue weighted by Gasteiger charge is -2.20. The zero-order chi connectivity index (χ0) is 52.2. The summed E-state index contributed by atoms with van der Waals surface area (Å²) >= 11 is 0. The van der Waals surface area contributed by atoms with Gasteiger partial charge in [0.15, 0.2) is 0 Å². The van der Waals surface area contributed by atoms with E-state index in [-0.39, 0.29) is 18.5 Å². The number of aliphatic hydroxyl groups is 2. The molecule has 2 atom stereocenters. The number of ether oxygens (including phenoxy) is 1. The van der Waals surface area contributed by atoms with Crippen LogP contribution in [0, 0.1) is 0 Å². The lowest BCUT2D eigenvalue weighted by molar-refractivity contribution is -0.143. The van der Waals surface area contributed by atoms with Crippen LogP contribution < -0.4 is 5.32 Å². The van der Waals surface area contributed by atoms with Crippen molar-refractivity contribution in [2.45, 2.75) is 360 Å². The second kappa shape index (κ2) is 61.6. The highest BCUT2D eigenvalue weighted by molar-refractivity contribution is 5.76. The molecule has 0 aromatic carbocycles. The Labute approximate surface area is 449 Å². The van der Waals surface area contributed by atoms with E-state index in [1.807, 2.05) is 6.08 Å². The summed E-state index contributed by atoms with van der Waals surface area (Å²) in [7, 11) is 0. The second-order valence-corrected chi connectivity index (χ2v) is 22.1. The quantitative estimate of drug-likeness (QED) is 0.0320. The summed E-state index contributed by atoms with van der Waals surface area (Å²) in [4.78, 5) is 24.6. The molecule has 0 aliphatic carbocycles. The first kappa shape index (κ1) is 70.1. The molecule has 72 heavy (non-hydrogen) atoms. The molecule has 6 heteroatoms.